The van der Waals surface area contributed by atoms with Gasteiger partial charge in [0.25, 0.3) is 0 Å². The summed E-state index contributed by atoms with van der Waals surface area (Å²) in [5, 5.41) is 9.47. The first-order chi connectivity index (χ1) is 10.0. The van der Waals surface area contributed by atoms with E-state index in [0.717, 1.165) is 5.56 Å². The number of aliphatic carboxylic acids is 1. The molecule has 0 saturated heterocycles. The van der Waals surface area contributed by atoms with Crippen LogP contribution in [0, 0.1) is 18.3 Å². The van der Waals surface area contributed by atoms with Gasteiger partial charge in [-0.1, -0.05) is 60.2 Å². The Morgan fingerprint density at radius 2 is 1.95 bits per heavy atom. The average molecular weight is 282 g/mol. The Balaban J connectivity index is 2.50. The van der Waals surface area contributed by atoms with Gasteiger partial charge < -0.3 is 5.11 Å². The minimum absolute atomic E-state index is 0.185. The predicted octanol–water partition coefficient (Wildman–Crippen LogP) is 3.57. The maximum atomic E-state index is 12.9. The lowest BCUT2D eigenvalue weighted by Gasteiger charge is -2.34. The van der Waals surface area contributed by atoms with Crippen LogP contribution in [0.5, 0.6) is 0 Å². The largest absolute Gasteiger partial charge is 0.481 e. The van der Waals surface area contributed by atoms with Crippen molar-refractivity contribution in [2.45, 2.75) is 13.3 Å². The number of rotatable bonds is 5. The van der Waals surface area contributed by atoms with Crippen LogP contribution in [-0.2, 0) is 4.79 Å². The van der Waals surface area contributed by atoms with E-state index in [2.05, 4.69) is 6.58 Å². The second kappa shape index (κ2) is 5.92. The van der Waals surface area contributed by atoms with E-state index in [-0.39, 0.29) is 12.2 Å². The number of Topliss-reactive ketones (excluding diaryl/α,β-unsaturated/α-hetero) is 1. The standard InChI is InChI=1S/C18H18O3/c1-3-11-18(12-5-4-6-15(18)17(20)21)16(19)14-9-7-13(2)8-10-14/h3-10,12,15H,1,11H2,2H3,(H,20,21). The number of hydrogen-bond acceptors (Lipinski definition) is 2. The number of benzene rings is 1. The summed E-state index contributed by atoms with van der Waals surface area (Å²) in [5.74, 6) is -2.07. The molecule has 0 fully saturated rings. The summed E-state index contributed by atoms with van der Waals surface area (Å²) in [6.07, 6.45) is 8.55. The first-order valence-corrected chi connectivity index (χ1v) is 6.82. The summed E-state index contributed by atoms with van der Waals surface area (Å²) in [6.45, 7) is 5.62. The molecule has 0 amide bonds. The van der Waals surface area contributed by atoms with Gasteiger partial charge in [-0.15, -0.1) is 6.58 Å². The average Bonchev–Trinajstić information content (AvgIpc) is 2.48. The third kappa shape index (κ3) is 2.72. The van der Waals surface area contributed by atoms with E-state index in [1.165, 1.54) is 0 Å². The number of carbonyl (C=O) groups is 2. The lowest BCUT2D eigenvalue weighted by molar-refractivity contribution is -0.142. The van der Waals surface area contributed by atoms with Crippen LogP contribution in [0.2, 0.25) is 0 Å². The molecule has 2 rings (SSSR count). The second-order valence-electron chi connectivity index (χ2n) is 5.29. The molecule has 1 N–H and O–H groups in total. The molecule has 3 nitrogen and oxygen atoms in total. The fourth-order valence-corrected chi connectivity index (χ4v) is 2.70. The number of allylic oxidation sites excluding steroid dienone is 4. The molecule has 2 atom stereocenters. The van der Waals surface area contributed by atoms with Crippen LogP contribution in [0.1, 0.15) is 22.3 Å². The van der Waals surface area contributed by atoms with E-state index in [4.69, 9.17) is 0 Å². The predicted molar refractivity (Wildman–Crippen MR) is 82.2 cm³/mol. The van der Waals surface area contributed by atoms with Crippen molar-refractivity contribution in [3.8, 4) is 0 Å². The van der Waals surface area contributed by atoms with Crippen molar-refractivity contribution >= 4 is 11.8 Å². The molecule has 0 spiro atoms. The Hall–Kier alpha value is -2.42. The third-order valence-electron chi connectivity index (χ3n) is 3.85. The van der Waals surface area contributed by atoms with Gasteiger partial charge in [-0.05, 0) is 13.3 Å². The zero-order chi connectivity index (χ0) is 15.5. The highest BCUT2D eigenvalue weighted by molar-refractivity contribution is 6.04. The highest BCUT2D eigenvalue weighted by Crippen LogP contribution is 2.40. The van der Waals surface area contributed by atoms with Crippen LogP contribution < -0.4 is 0 Å². The van der Waals surface area contributed by atoms with Gasteiger partial charge in [0.15, 0.2) is 5.78 Å². The monoisotopic (exact) mass is 282 g/mol. The first-order valence-electron chi connectivity index (χ1n) is 6.82. The van der Waals surface area contributed by atoms with E-state index in [1.807, 2.05) is 19.1 Å². The molecule has 108 valence electrons. The van der Waals surface area contributed by atoms with Gasteiger partial charge in [-0.2, -0.15) is 0 Å². The topological polar surface area (TPSA) is 54.4 Å². The van der Waals surface area contributed by atoms with Crippen LogP contribution in [-0.4, -0.2) is 16.9 Å². The number of ketones is 1. The Morgan fingerprint density at radius 3 is 2.52 bits per heavy atom. The quantitative estimate of drug-likeness (QED) is 0.663. The summed E-state index contributed by atoms with van der Waals surface area (Å²) in [6, 6.07) is 7.20. The van der Waals surface area contributed by atoms with Gasteiger partial charge >= 0.3 is 5.97 Å². The summed E-state index contributed by atoms with van der Waals surface area (Å²) in [4.78, 5) is 24.5. The van der Waals surface area contributed by atoms with Gasteiger partial charge in [0.05, 0.1) is 11.3 Å². The van der Waals surface area contributed by atoms with Crippen LogP contribution in [0.3, 0.4) is 0 Å². The Kier molecular flexibility index (Phi) is 4.22. The molecule has 3 heteroatoms. The lowest BCUT2D eigenvalue weighted by Crippen LogP contribution is -2.41. The van der Waals surface area contributed by atoms with Crippen molar-refractivity contribution in [2.75, 3.05) is 0 Å². The van der Waals surface area contributed by atoms with E-state index in [0.29, 0.717) is 5.56 Å². The van der Waals surface area contributed by atoms with Gasteiger partial charge in [0.2, 0.25) is 0 Å². The van der Waals surface area contributed by atoms with Crippen molar-refractivity contribution in [3.05, 3.63) is 72.4 Å². The fraction of sp³-hybridized carbons (Fsp3) is 0.222. The number of aryl methyl sites for hydroxylation is 1. The molecule has 0 aromatic heterocycles. The van der Waals surface area contributed by atoms with Crippen LogP contribution >= 0.6 is 0 Å². The molecule has 1 aliphatic rings. The first kappa shape index (κ1) is 15.0. The molecule has 1 aliphatic carbocycles. The summed E-state index contributed by atoms with van der Waals surface area (Å²) >= 11 is 0. The molecule has 0 bridgehead atoms. The van der Waals surface area contributed by atoms with Crippen molar-refractivity contribution < 1.29 is 14.7 Å². The Labute approximate surface area is 124 Å². The number of carbonyl (C=O) groups excluding carboxylic acids is 1. The van der Waals surface area contributed by atoms with E-state index < -0.39 is 17.3 Å². The lowest BCUT2D eigenvalue weighted by atomic mass is 9.66. The van der Waals surface area contributed by atoms with E-state index in [1.54, 1.807) is 42.5 Å². The molecular formula is C18H18O3. The SMILES string of the molecule is C=CCC1(C(=O)c2ccc(C)cc2)C=CC=CC1C(=O)O. The third-order valence-corrected chi connectivity index (χ3v) is 3.85. The van der Waals surface area contributed by atoms with Crippen LogP contribution in [0.15, 0.2) is 61.2 Å². The minimum atomic E-state index is -1.10. The molecule has 0 heterocycles. The number of hydrogen-bond donors (Lipinski definition) is 1. The van der Waals surface area contributed by atoms with Crippen LogP contribution in [0.4, 0.5) is 0 Å². The van der Waals surface area contributed by atoms with E-state index in [9.17, 15) is 14.7 Å². The maximum Gasteiger partial charge on any atom is 0.311 e. The molecule has 21 heavy (non-hydrogen) atoms. The van der Waals surface area contributed by atoms with Crippen molar-refractivity contribution in [1.29, 1.82) is 0 Å². The summed E-state index contributed by atoms with van der Waals surface area (Å²) < 4.78 is 0. The second-order valence-corrected chi connectivity index (χ2v) is 5.29. The molecule has 0 aliphatic heterocycles. The normalized spacial score (nSPS) is 23.8. The Morgan fingerprint density at radius 1 is 1.29 bits per heavy atom. The highest BCUT2D eigenvalue weighted by atomic mass is 16.4. The number of carboxylic acids is 1. The summed E-state index contributed by atoms with van der Waals surface area (Å²) in [7, 11) is 0. The van der Waals surface area contributed by atoms with Gasteiger partial charge in [-0.25, -0.2) is 0 Å². The molecule has 0 radical (unpaired) electrons. The molecular weight excluding hydrogens is 264 g/mol. The van der Waals surface area contributed by atoms with Crippen molar-refractivity contribution in [2.24, 2.45) is 11.3 Å². The van der Waals surface area contributed by atoms with Crippen molar-refractivity contribution in [1.82, 2.24) is 0 Å². The van der Waals surface area contributed by atoms with Gasteiger partial charge in [-0.3, -0.25) is 9.59 Å². The van der Waals surface area contributed by atoms with E-state index >= 15 is 0 Å². The van der Waals surface area contributed by atoms with Crippen LogP contribution in [0.25, 0.3) is 0 Å². The zero-order valence-electron chi connectivity index (χ0n) is 12.0. The minimum Gasteiger partial charge on any atom is -0.481 e. The number of carboxylic acid groups (broad SMARTS) is 1. The maximum absolute atomic E-state index is 12.9. The van der Waals surface area contributed by atoms with Crippen molar-refractivity contribution in [3.63, 3.8) is 0 Å². The highest BCUT2D eigenvalue weighted by Gasteiger charge is 2.46. The fourth-order valence-electron chi connectivity index (χ4n) is 2.70. The molecule has 2 unspecified atom stereocenters. The van der Waals surface area contributed by atoms with Gasteiger partial charge in [0, 0.05) is 5.56 Å². The molecule has 1 aromatic carbocycles. The van der Waals surface area contributed by atoms with Gasteiger partial charge in [0.1, 0.15) is 0 Å². The summed E-state index contributed by atoms with van der Waals surface area (Å²) in [5.41, 5.74) is 0.476. The zero-order valence-corrected chi connectivity index (χ0v) is 12.0. The molecule has 0 saturated carbocycles. The smallest absolute Gasteiger partial charge is 0.311 e. The Bertz CT molecular complexity index is 622. The molecule has 1 aromatic rings.